The molecule has 0 aromatic rings. The van der Waals surface area contributed by atoms with Crippen molar-refractivity contribution in [3.8, 4) is 0 Å². The fraction of sp³-hybridized carbons (Fsp3) is 0.917. The van der Waals surface area contributed by atoms with E-state index in [0.29, 0.717) is 19.4 Å². The van der Waals surface area contributed by atoms with Crippen LogP contribution in [0.2, 0.25) is 0 Å². The summed E-state index contributed by atoms with van der Waals surface area (Å²) in [5.74, 6) is -1.03. The van der Waals surface area contributed by atoms with Crippen LogP contribution in [0, 0.1) is 11.3 Å². The summed E-state index contributed by atoms with van der Waals surface area (Å²) in [7, 11) is 0. The summed E-state index contributed by atoms with van der Waals surface area (Å²) in [5, 5.41) is 2.12. The third-order valence-electron chi connectivity index (χ3n) is 3.01. The van der Waals surface area contributed by atoms with Gasteiger partial charge in [-0.15, -0.1) is 0 Å². The Labute approximate surface area is 105 Å². The highest BCUT2D eigenvalue weighted by Gasteiger charge is 2.48. The zero-order valence-corrected chi connectivity index (χ0v) is 10.9. The van der Waals surface area contributed by atoms with E-state index in [1.165, 1.54) is 20.8 Å². The molecule has 0 unspecified atom stereocenters. The number of ether oxygens (including phenoxy) is 1. The third-order valence-corrected chi connectivity index (χ3v) is 3.01. The highest BCUT2D eigenvalue weighted by Crippen LogP contribution is 2.33. The molecule has 0 aliphatic carbocycles. The number of carbonyl (C=O) groups is 1. The molecule has 1 saturated heterocycles. The van der Waals surface area contributed by atoms with E-state index < -0.39 is 29.5 Å². The molecule has 6 heteroatoms. The first-order valence-electron chi connectivity index (χ1n) is 6.07. The maximum Gasteiger partial charge on any atom is 0.409 e. The van der Waals surface area contributed by atoms with Gasteiger partial charge in [0.15, 0.2) is 0 Å². The Morgan fingerprint density at radius 1 is 1.33 bits per heavy atom. The molecule has 2 atom stereocenters. The predicted octanol–water partition coefficient (Wildman–Crippen LogP) is 2.51. The van der Waals surface area contributed by atoms with Crippen LogP contribution in [0.5, 0.6) is 0 Å². The molecule has 1 amide bonds. The average Bonchev–Trinajstić information content (AvgIpc) is 2.23. The van der Waals surface area contributed by atoms with Gasteiger partial charge in [-0.3, -0.25) is 4.79 Å². The second-order valence-electron chi connectivity index (χ2n) is 5.76. The fourth-order valence-corrected chi connectivity index (χ4v) is 2.00. The van der Waals surface area contributed by atoms with Crippen LogP contribution in [0.15, 0.2) is 0 Å². The van der Waals surface area contributed by atoms with Gasteiger partial charge in [-0.25, -0.2) is 0 Å². The molecule has 0 saturated carbocycles. The van der Waals surface area contributed by atoms with Crippen molar-refractivity contribution in [1.82, 2.24) is 5.32 Å². The summed E-state index contributed by atoms with van der Waals surface area (Å²) in [6, 6.07) is -1.83. The maximum atomic E-state index is 12.9. The first kappa shape index (κ1) is 15.3. The van der Waals surface area contributed by atoms with Crippen molar-refractivity contribution in [2.75, 3.05) is 13.2 Å². The van der Waals surface area contributed by atoms with E-state index in [1.807, 2.05) is 0 Å². The molecule has 0 aromatic heterocycles. The second-order valence-corrected chi connectivity index (χ2v) is 5.76. The first-order chi connectivity index (χ1) is 8.12. The van der Waals surface area contributed by atoms with Gasteiger partial charge in [0.1, 0.15) is 6.04 Å². The van der Waals surface area contributed by atoms with Crippen molar-refractivity contribution < 1.29 is 22.7 Å². The minimum Gasteiger partial charge on any atom is -0.381 e. The van der Waals surface area contributed by atoms with Gasteiger partial charge in [0.25, 0.3) is 0 Å². The minimum absolute atomic E-state index is 0.209. The van der Waals surface area contributed by atoms with Gasteiger partial charge in [0.2, 0.25) is 5.91 Å². The van der Waals surface area contributed by atoms with E-state index in [0.717, 1.165) is 0 Å². The van der Waals surface area contributed by atoms with Crippen LogP contribution in [-0.4, -0.2) is 31.3 Å². The number of rotatable bonds is 2. The van der Waals surface area contributed by atoms with Gasteiger partial charge in [0.05, 0.1) is 12.5 Å². The smallest absolute Gasteiger partial charge is 0.381 e. The standard InChI is InChI=1S/C12H20F3NO2/c1-11(2,3)10(12(13,14)15)16-9(17)8-5-4-6-18-7-8/h8,10H,4-7H2,1-3H3,(H,16,17)/t8-,10+/m1/s1. The molecule has 18 heavy (non-hydrogen) atoms. The largest absolute Gasteiger partial charge is 0.409 e. The summed E-state index contributed by atoms with van der Waals surface area (Å²) in [6.07, 6.45) is -3.14. The fourth-order valence-electron chi connectivity index (χ4n) is 2.00. The Kier molecular flexibility index (Phi) is 4.64. The highest BCUT2D eigenvalue weighted by atomic mass is 19.4. The molecule has 1 rings (SSSR count). The van der Waals surface area contributed by atoms with Gasteiger partial charge >= 0.3 is 6.18 Å². The monoisotopic (exact) mass is 267 g/mol. The molecule has 0 aromatic carbocycles. The number of alkyl halides is 3. The lowest BCUT2D eigenvalue weighted by molar-refractivity contribution is -0.182. The van der Waals surface area contributed by atoms with Gasteiger partial charge < -0.3 is 10.1 Å². The third kappa shape index (κ3) is 4.15. The molecule has 0 bridgehead atoms. The summed E-state index contributed by atoms with van der Waals surface area (Å²) in [4.78, 5) is 11.8. The van der Waals surface area contributed by atoms with Crippen molar-refractivity contribution in [2.45, 2.75) is 45.8 Å². The van der Waals surface area contributed by atoms with Crippen LogP contribution in [-0.2, 0) is 9.53 Å². The van der Waals surface area contributed by atoms with Gasteiger partial charge in [-0.1, -0.05) is 20.8 Å². The predicted molar refractivity (Wildman–Crippen MR) is 61.0 cm³/mol. The van der Waals surface area contributed by atoms with E-state index in [1.54, 1.807) is 0 Å². The minimum atomic E-state index is -4.44. The Hall–Kier alpha value is -0.780. The van der Waals surface area contributed by atoms with Crippen LogP contribution in [0.1, 0.15) is 33.6 Å². The van der Waals surface area contributed by atoms with Crippen molar-refractivity contribution >= 4 is 5.91 Å². The summed E-state index contributed by atoms with van der Waals surface area (Å²) in [5.41, 5.74) is -1.07. The van der Waals surface area contributed by atoms with E-state index in [-0.39, 0.29) is 6.61 Å². The number of nitrogens with one attached hydrogen (secondary N) is 1. The summed E-state index contributed by atoms with van der Waals surface area (Å²) in [6.45, 7) is 5.17. The summed E-state index contributed by atoms with van der Waals surface area (Å²) < 4.78 is 43.8. The molecule has 1 heterocycles. The second kappa shape index (κ2) is 5.47. The molecule has 106 valence electrons. The van der Waals surface area contributed by atoms with E-state index in [9.17, 15) is 18.0 Å². The van der Waals surface area contributed by atoms with Crippen molar-refractivity contribution in [2.24, 2.45) is 11.3 Å². The molecule has 1 N–H and O–H groups in total. The molecule has 1 aliphatic heterocycles. The zero-order valence-electron chi connectivity index (χ0n) is 10.9. The number of carbonyl (C=O) groups excluding carboxylic acids is 1. The van der Waals surface area contributed by atoms with Gasteiger partial charge in [0, 0.05) is 6.61 Å². The highest BCUT2D eigenvalue weighted by molar-refractivity contribution is 5.79. The Morgan fingerprint density at radius 3 is 2.33 bits per heavy atom. The van der Waals surface area contributed by atoms with Crippen LogP contribution in [0.25, 0.3) is 0 Å². The summed E-state index contributed by atoms with van der Waals surface area (Å²) >= 11 is 0. The average molecular weight is 267 g/mol. The Balaban J connectivity index is 2.69. The van der Waals surface area contributed by atoms with E-state index in [2.05, 4.69) is 5.32 Å². The molecule has 1 fully saturated rings. The number of halogens is 3. The van der Waals surface area contributed by atoms with Crippen LogP contribution in [0.4, 0.5) is 13.2 Å². The van der Waals surface area contributed by atoms with Gasteiger partial charge in [-0.05, 0) is 18.3 Å². The van der Waals surface area contributed by atoms with Crippen LogP contribution < -0.4 is 5.32 Å². The molecular formula is C12H20F3NO2. The number of amides is 1. The Bertz CT molecular complexity index is 277. The molecule has 3 nitrogen and oxygen atoms in total. The molecular weight excluding hydrogens is 247 g/mol. The SMILES string of the molecule is CC(C)(C)[C@H](NC(=O)[C@@H]1CCCOC1)C(F)(F)F. The first-order valence-corrected chi connectivity index (χ1v) is 6.07. The topological polar surface area (TPSA) is 38.3 Å². The zero-order chi connectivity index (χ0) is 14.0. The van der Waals surface area contributed by atoms with Crippen molar-refractivity contribution in [3.05, 3.63) is 0 Å². The number of hydrogen-bond acceptors (Lipinski definition) is 2. The van der Waals surface area contributed by atoms with Crippen LogP contribution >= 0.6 is 0 Å². The quantitative estimate of drug-likeness (QED) is 0.835. The van der Waals surface area contributed by atoms with Gasteiger partial charge in [-0.2, -0.15) is 13.2 Å². The lowest BCUT2D eigenvalue weighted by Gasteiger charge is -2.34. The van der Waals surface area contributed by atoms with Crippen molar-refractivity contribution in [1.29, 1.82) is 0 Å². The Morgan fingerprint density at radius 2 is 1.94 bits per heavy atom. The normalized spacial score (nSPS) is 23.6. The maximum absolute atomic E-state index is 12.9. The lowest BCUT2D eigenvalue weighted by Crippen LogP contribution is -2.55. The molecule has 1 aliphatic rings. The lowest BCUT2D eigenvalue weighted by atomic mass is 9.85. The molecule has 0 spiro atoms. The van der Waals surface area contributed by atoms with Crippen molar-refractivity contribution in [3.63, 3.8) is 0 Å². The number of hydrogen-bond donors (Lipinski definition) is 1. The van der Waals surface area contributed by atoms with E-state index in [4.69, 9.17) is 4.74 Å². The van der Waals surface area contributed by atoms with E-state index >= 15 is 0 Å². The molecule has 0 radical (unpaired) electrons. The van der Waals surface area contributed by atoms with Crippen LogP contribution in [0.3, 0.4) is 0 Å².